The highest BCUT2D eigenvalue weighted by molar-refractivity contribution is 6.80. The van der Waals surface area contributed by atoms with Crippen molar-refractivity contribution in [3.8, 4) is 0 Å². The molecule has 3 heterocycles. The number of piperazine rings is 1. The molecule has 0 spiro atoms. The molecule has 1 fully saturated rings. The first-order valence-electron chi connectivity index (χ1n) is 7.09. The molecule has 6 nitrogen and oxygen atoms in total. The predicted octanol–water partition coefficient (Wildman–Crippen LogP) is 1.57. The maximum atomic E-state index is 5.93. The van der Waals surface area contributed by atoms with Gasteiger partial charge in [-0.25, -0.2) is 9.98 Å². The van der Waals surface area contributed by atoms with Gasteiger partial charge in [0.15, 0.2) is 0 Å². The van der Waals surface area contributed by atoms with Gasteiger partial charge in [-0.15, -0.1) is 0 Å². The van der Waals surface area contributed by atoms with Crippen molar-refractivity contribution in [2.45, 2.75) is 0 Å². The Morgan fingerprint density at radius 2 is 2.05 bits per heavy atom. The molecule has 7 heteroatoms. The number of rotatable bonds is 2. The van der Waals surface area contributed by atoms with Crippen molar-refractivity contribution in [1.82, 2.24) is 15.7 Å². The molecule has 2 aliphatic heterocycles. The third kappa shape index (κ3) is 3.35. The maximum Gasteiger partial charge on any atom is 0.149 e. The molecule has 3 rings (SSSR count). The minimum Gasteiger partial charge on any atom is -0.354 e. The third-order valence-corrected chi connectivity index (χ3v) is 3.64. The van der Waals surface area contributed by atoms with Crippen LogP contribution in [-0.2, 0) is 0 Å². The van der Waals surface area contributed by atoms with Crippen molar-refractivity contribution < 1.29 is 0 Å². The Kier molecular flexibility index (Phi) is 4.50. The smallest absolute Gasteiger partial charge is 0.149 e. The maximum absolute atomic E-state index is 5.93. The van der Waals surface area contributed by atoms with E-state index in [1.54, 1.807) is 6.20 Å². The molecule has 0 saturated carbocycles. The Morgan fingerprint density at radius 3 is 2.86 bits per heavy atom. The van der Waals surface area contributed by atoms with Crippen molar-refractivity contribution in [1.29, 1.82) is 0 Å². The Morgan fingerprint density at radius 1 is 1.23 bits per heavy atom. The summed E-state index contributed by atoms with van der Waals surface area (Å²) in [5, 5.41) is 7.55. The fourth-order valence-corrected chi connectivity index (χ4v) is 2.51. The SMILES string of the molecule is C=C1N=C(Cl)/C=N\NC=C1c1cccc(N2CCNCC2)n1. The number of aromatic nitrogens is 1. The fourth-order valence-electron chi connectivity index (χ4n) is 2.36. The van der Waals surface area contributed by atoms with Gasteiger partial charge in [-0.2, -0.15) is 5.10 Å². The van der Waals surface area contributed by atoms with Gasteiger partial charge < -0.3 is 10.2 Å². The van der Waals surface area contributed by atoms with E-state index >= 15 is 0 Å². The van der Waals surface area contributed by atoms with E-state index in [0.717, 1.165) is 43.3 Å². The Balaban J connectivity index is 1.91. The number of hydrogen-bond donors (Lipinski definition) is 2. The van der Waals surface area contributed by atoms with Crippen molar-refractivity contribution >= 4 is 34.4 Å². The van der Waals surface area contributed by atoms with Gasteiger partial charge >= 0.3 is 0 Å². The molecule has 0 unspecified atom stereocenters. The lowest BCUT2D eigenvalue weighted by atomic mass is 10.1. The second kappa shape index (κ2) is 6.72. The monoisotopic (exact) mass is 316 g/mol. The van der Waals surface area contributed by atoms with Crippen LogP contribution in [0.1, 0.15) is 5.69 Å². The highest BCUT2D eigenvalue weighted by Crippen LogP contribution is 2.24. The van der Waals surface area contributed by atoms with Crippen molar-refractivity contribution in [3.05, 3.63) is 42.4 Å². The molecule has 0 aromatic carbocycles. The first-order valence-corrected chi connectivity index (χ1v) is 7.47. The van der Waals surface area contributed by atoms with Gasteiger partial charge in [0.1, 0.15) is 11.0 Å². The van der Waals surface area contributed by atoms with E-state index in [-0.39, 0.29) is 5.17 Å². The number of aliphatic imine (C=N–C) groups is 1. The molecule has 114 valence electrons. The van der Waals surface area contributed by atoms with Gasteiger partial charge in [-0.05, 0) is 12.1 Å². The normalized spacial score (nSPS) is 20.4. The topological polar surface area (TPSA) is 64.9 Å². The highest BCUT2D eigenvalue weighted by atomic mass is 35.5. The number of nitrogens with zero attached hydrogens (tertiary/aromatic N) is 4. The summed E-state index contributed by atoms with van der Waals surface area (Å²) in [6, 6.07) is 5.93. The predicted molar refractivity (Wildman–Crippen MR) is 91.4 cm³/mol. The van der Waals surface area contributed by atoms with Crippen LogP contribution in [0.5, 0.6) is 0 Å². The molecule has 0 bridgehead atoms. The summed E-state index contributed by atoms with van der Waals surface area (Å²) in [6.07, 6.45) is 3.17. The van der Waals surface area contributed by atoms with Crippen LogP contribution in [0.4, 0.5) is 5.82 Å². The number of anilines is 1. The number of pyridine rings is 1. The van der Waals surface area contributed by atoms with Crippen LogP contribution in [0.2, 0.25) is 0 Å². The molecular weight excluding hydrogens is 300 g/mol. The molecule has 0 radical (unpaired) electrons. The van der Waals surface area contributed by atoms with Crippen molar-refractivity contribution in [2.75, 3.05) is 31.1 Å². The summed E-state index contributed by atoms with van der Waals surface area (Å²) in [6.45, 7) is 7.79. The number of hydrogen-bond acceptors (Lipinski definition) is 6. The van der Waals surface area contributed by atoms with Crippen molar-refractivity contribution in [2.24, 2.45) is 10.1 Å². The minimum absolute atomic E-state index is 0.279. The number of halogens is 1. The average molecular weight is 317 g/mol. The molecule has 0 aliphatic carbocycles. The number of hydrazone groups is 1. The molecular formula is C15H17ClN6. The van der Waals surface area contributed by atoms with Gasteiger partial charge in [0.05, 0.1) is 17.6 Å². The average Bonchev–Trinajstić information content (AvgIpc) is 2.54. The van der Waals surface area contributed by atoms with E-state index in [1.807, 2.05) is 18.2 Å². The summed E-state index contributed by atoms with van der Waals surface area (Å²) < 4.78 is 0. The summed E-state index contributed by atoms with van der Waals surface area (Å²) in [5.41, 5.74) is 4.92. The first-order chi connectivity index (χ1) is 10.7. The summed E-state index contributed by atoms with van der Waals surface area (Å²) in [4.78, 5) is 11.2. The zero-order valence-corrected chi connectivity index (χ0v) is 12.8. The molecule has 1 aromatic heterocycles. The largest absolute Gasteiger partial charge is 0.354 e. The van der Waals surface area contributed by atoms with E-state index in [4.69, 9.17) is 16.6 Å². The summed E-state index contributed by atoms with van der Waals surface area (Å²) in [5.74, 6) is 0.952. The lowest BCUT2D eigenvalue weighted by Crippen LogP contribution is -2.43. The standard InChI is InChI=1S/C15H17ClN6/c1-11-12(9-18-19-10-14(16)20-11)13-3-2-4-15(21-13)22-7-5-17-6-8-22/h2-4,9-10,17-18H,1,5-8H2/b12-9?,19-10-,20-14?. The first kappa shape index (κ1) is 14.7. The molecule has 2 aliphatic rings. The summed E-state index contributed by atoms with van der Waals surface area (Å²) >= 11 is 5.93. The van der Waals surface area contributed by atoms with Crippen molar-refractivity contribution in [3.63, 3.8) is 0 Å². The minimum atomic E-state index is 0.279. The van der Waals surface area contributed by atoms with Crippen LogP contribution in [-0.4, -0.2) is 42.5 Å². The molecule has 22 heavy (non-hydrogen) atoms. The second-order valence-electron chi connectivity index (χ2n) is 4.94. The molecule has 0 amide bonds. The van der Waals surface area contributed by atoms with E-state index in [9.17, 15) is 0 Å². The second-order valence-corrected chi connectivity index (χ2v) is 5.33. The zero-order valence-electron chi connectivity index (χ0n) is 12.1. The number of allylic oxidation sites excluding steroid dienone is 1. The van der Waals surface area contributed by atoms with Gasteiger partial charge in [0, 0.05) is 38.0 Å². The quantitative estimate of drug-likeness (QED) is 0.869. The lowest BCUT2D eigenvalue weighted by molar-refractivity contribution is 0.585. The van der Waals surface area contributed by atoms with Crippen LogP contribution in [0, 0.1) is 0 Å². The van der Waals surface area contributed by atoms with Gasteiger partial charge in [0.2, 0.25) is 0 Å². The van der Waals surface area contributed by atoms with E-state index in [0.29, 0.717) is 5.70 Å². The van der Waals surface area contributed by atoms with Gasteiger partial charge in [-0.1, -0.05) is 24.2 Å². The lowest BCUT2D eigenvalue weighted by Gasteiger charge is -2.28. The van der Waals surface area contributed by atoms with Crippen LogP contribution in [0.25, 0.3) is 5.57 Å². The van der Waals surface area contributed by atoms with Crippen LogP contribution >= 0.6 is 11.6 Å². The van der Waals surface area contributed by atoms with Crippen LogP contribution < -0.4 is 15.6 Å². The third-order valence-electron chi connectivity index (χ3n) is 3.46. The molecule has 1 aromatic rings. The zero-order chi connectivity index (χ0) is 15.4. The molecule has 2 N–H and O–H groups in total. The summed E-state index contributed by atoms with van der Waals surface area (Å²) in [7, 11) is 0. The van der Waals surface area contributed by atoms with Crippen LogP contribution in [0.15, 0.2) is 46.8 Å². The molecule has 1 saturated heterocycles. The van der Waals surface area contributed by atoms with E-state index < -0.39 is 0 Å². The van der Waals surface area contributed by atoms with Gasteiger partial charge in [-0.3, -0.25) is 5.43 Å². The van der Waals surface area contributed by atoms with E-state index in [2.05, 4.69) is 32.3 Å². The fraction of sp³-hybridized carbons (Fsp3) is 0.267. The van der Waals surface area contributed by atoms with Crippen LogP contribution in [0.3, 0.4) is 0 Å². The van der Waals surface area contributed by atoms with Gasteiger partial charge in [0.25, 0.3) is 0 Å². The molecule has 0 atom stereocenters. The Hall–Kier alpha value is -2.18. The number of nitrogens with one attached hydrogen (secondary N) is 2. The Labute approximate surface area is 134 Å². The highest BCUT2D eigenvalue weighted by Gasteiger charge is 2.14. The van der Waals surface area contributed by atoms with E-state index in [1.165, 1.54) is 6.21 Å². The Bertz CT molecular complexity index is 658.